The van der Waals surface area contributed by atoms with Crippen molar-refractivity contribution < 1.29 is 13.2 Å². The van der Waals surface area contributed by atoms with Crippen LogP contribution < -0.4 is 10.0 Å². The van der Waals surface area contributed by atoms with E-state index in [4.69, 9.17) is 23.2 Å². The molecule has 0 radical (unpaired) electrons. The van der Waals surface area contributed by atoms with Gasteiger partial charge in [0, 0.05) is 24.8 Å². The zero-order valence-corrected chi connectivity index (χ0v) is 18.2. The molecule has 0 atom stereocenters. The van der Waals surface area contributed by atoms with Gasteiger partial charge in [-0.2, -0.15) is 0 Å². The Hall–Kier alpha value is -1.02. The molecule has 2 N–H and O–H groups in total. The lowest BCUT2D eigenvalue weighted by molar-refractivity contribution is -0.130. The molecule has 1 heterocycles. The van der Waals surface area contributed by atoms with E-state index in [0.29, 0.717) is 36.0 Å². The van der Waals surface area contributed by atoms with Crippen molar-refractivity contribution in [1.82, 2.24) is 9.62 Å². The quantitative estimate of drug-likeness (QED) is 0.686. The van der Waals surface area contributed by atoms with Gasteiger partial charge in [0.1, 0.15) is 0 Å². The van der Waals surface area contributed by atoms with Gasteiger partial charge < -0.3 is 10.2 Å². The monoisotopic (exact) mass is 435 g/mol. The summed E-state index contributed by atoms with van der Waals surface area (Å²) in [5.74, 6) is 0.264. The van der Waals surface area contributed by atoms with E-state index in [-0.39, 0.29) is 30.2 Å². The van der Waals surface area contributed by atoms with Crippen LogP contribution in [0.5, 0.6) is 0 Å². The number of amides is 1. The van der Waals surface area contributed by atoms with Gasteiger partial charge >= 0.3 is 0 Å². The number of hydrogen-bond donors (Lipinski definition) is 2. The van der Waals surface area contributed by atoms with E-state index in [1.54, 1.807) is 17.9 Å². The molecule has 1 aromatic rings. The highest BCUT2D eigenvalue weighted by molar-refractivity contribution is 7.89. The number of sulfonamides is 1. The molecule has 1 fully saturated rings. The highest BCUT2D eigenvalue weighted by Gasteiger charge is 2.25. The van der Waals surface area contributed by atoms with Gasteiger partial charge in [-0.1, -0.05) is 37.0 Å². The maximum absolute atomic E-state index is 12.5. The van der Waals surface area contributed by atoms with Crippen LogP contribution in [0.1, 0.15) is 45.1 Å². The molecule has 9 heteroatoms. The summed E-state index contributed by atoms with van der Waals surface area (Å²) in [6, 6.07) is 3.53. The molecule has 2 rings (SSSR count). The standard InChI is InChI=1S/C18H27Cl2N3O3S/c1-4-27(25,26)22-13-5-7-23(8-6-13)17(24)11-21-14-9-15(12(2)3)18(20)16(19)10-14/h9-10,12-13,21-22H,4-8,11H2,1-3H3. The number of carbonyl (C=O) groups is 1. The van der Waals surface area contributed by atoms with Crippen molar-refractivity contribution in [3.05, 3.63) is 27.7 Å². The van der Waals surface area contributed by atoms with Gasteiger partial charge in [-0.05, 0) is 43.4 Å². The molecule has 1 saturated heterocycles. The first-order valence-electron chi connectivity index (χ1n) is 9.13. The maximum Gasteiger partial charge on any atom is 0.241 e. The van der Waals surface area contributed by atoms with Gasteiger partial charge in [0.2, 0.25) is 15.9 Å². The van der Waals surface area contributed by atoms with Crippen LogP contribution in [0.3, 0.4) is 0 Å². The Morgan fingerprint density at radius 3 is 2.44 bits per heavy atom. The minimum Gasteiger partial charge on any atom is -0.376 e. The van der Waals surface area contributed by atoms with Crippen molar-refractivity contribution in [2.24, 2.45) is 0 Å². The molecule has 1 aromatic carbocycles. The fraction of sp³-hybridized carbons (Fsp3) is 0.611. The van der Waals surface area contributed by atoms with Crippen LogP contribution >= 0.6 is 23.2 Å². The van der Waals surface area contributed by atoms with Gasteiger partial charge in [0.05, 0.1) is 22.3 Å². The van der Waals surface area contributed by atoms with Gasteiger partial charge in [0.25, 0.3) is 0 Å². The highest BCUT2D eigenvalue weighted by atomic mass is 35.5. The second-order valence-electron chi connectivity index (χ2n) is 7.05. The highest BCUT2D eigenvalue weighted by Crippen LogP contribution is 2.34. The van der Waals surface area contributed by atoms with Crippen LogP contribution in [0.4, 0.5) is 5.69 Å². The van der Waals surface area contributed by atoms with E-state index in [1.807, 2.05) is 19.9 Å². The number of likely N-dealkylation sites (tertiary alicyclic amines) is 1. The molecule has 6 nitrogen and oxygen atoms in total. The van der Waals surface area contributed by atoms with Crippen LogP contribution in [0.25, 0.3) is 0 Å². The molecule has 0 unspecified atom stereocenters. The maximum atomic E-state index is 12.5. The average molecular weight is 436 g/mol. The fourth-order valence-electron chi connectivity index (χ4n) is 3.01. The molecule has 1 aliphatic rings. The van der Waals surface area contributed by atoms with Crippen molar-refractivity contribution in [2.45, 2.75) is 45.6 Å². The zero-order valence-electron chi connectivity index (χ0n) is 15.9. The third-order valence-corrected chi connectivity index (χ3v) is 6.97. The number of nitrogens with one attached hydrogen (secondary N) is 2. The van der Waals surface area contributed by atoms with Gasteiger partial charge in [0.15, 0.2) is 0 Å². The molecule has 0 spiro atoms. The molecule has 0 aromatic heterocycles. The lowest BCUT2D eigenvalue weighted by Gasteiger charge is -2.32. The first-order chi connectivity index (χ1) is 12.6. The van der Waals surface area contributed by atoms with E-state index in [1.165, 1.54) is 0 Å². The SMILES string of the molecule is CCS(=O)(=O)NC1CCN(C(=O)CNc2cc(Cl)c(Cl)c(C(C)C)c2)CC1. The van der Waals surface area contributed by atoms with Gasteiger partial charge in [-0.3, -0.25) is 4.79 Å². The minimum absolute atomic E-state index is 0.0241. The molecule has 0 bridgehead atoms. The van der Waals surface area contributed by atoms with Crippen LogP contribution in [0.15, 0.2) is 12.1 Å². The molecule has 0 saturated carbocycles. The van der Waals surface area contributed by atoms with E-state index in [2.05, 4.69) is 10.0 Å². The number of carbonyl (C=O) groups excluding carboxylic acids is 1. The van der Waals surface area contributed by atoms with Crippen LogP contribution in [-0.4, -0.2) is 50.7 Å². The number of rotatable bonds is 7. The first-order valence-corrected chi connectivity index (χ1v) is 11.5. The zero-order chi connectivity index (χ0) is 20.2. The molecule has 27 heavy (non-hydrogen) atoms. The number of nitrogens with zero attached hydrogens (tertiary/aromatic N) is 1. The smallest absolute Gasteiger partial charge is 0.241 e. The second-order valence-corrected chi connectivity index (χ2v) is 9.87. The summed E-state index contributed by atoms with van der Waals surface area (Å²) in [6.45, 7) is 6.90. The Kier molecular flexibility index (Phi) is 7.80. The Morgan fingerprint density at radius 2 is 1.89 bits per heavy atom. The fourth-order valence-corrected chi connectivity index (χ4v) is 4.47. The number of halogens is 2. The summed E-state index contributed by atoms with van der Waals surface area (Å²) >= 11 is 12.4. The van der Waals surface area contributed by atoms with Crippen LogP contribution in [0.2, 0.25) is 10.0 Å². The summed E-state index contributed by atoms with van der Waals surface area (Å²) in [4.78, 5) is 14.2. The molecule has 1 aliphatic heterocycles. The normalized spacial score (nSPS) is 16.0. The van der Waals surface area contributed by atoms with Crippen LogP contribution in [-0.2, 0) is 14.8 Å². The third kappa shape index (κ3) is 6.24. The lowest BCUT2D eigenvalue weighted by atomic mass is 10.0. The van der Waals surface area contributed by atoms with Crippen molar-refractivity contribution in [3.8, 4) is 0 Å². The number of piperidine rings is 1. The topological polar surface area (TPSA) is 78.5 Å². The average Bonchev–Trinajstić information content (AvgIpc) is 2.62. The number of benzene rings is 1. The minimum atomic E-state index is -3.21. The third-order valence-electron chi connectivity index (χ3n) is 4.70. The Morgan fingerprint density at radius 1 is 1.26 bits per heavy atom. The predicted molar refractivity (Wildman–Crippen MR) is 111 cm³/mol. The predicted octanol–water partition coefficient (Wildman–Crippen LogP) is 3.46. The van der Waals surface area contributed by atoms with Crippen LogP contribution in [0, 0.1) is 0 Å². The van der Waals surface area contributed by atoms with Crippen molar-refractivity contribution in [2.75, 3.05) is 30.7 Å². The number of anilines is 1. The van der Waals surface area contributed by atoms with E-state index < -0.39 is 10.0 Å². The second kappa shape index (κ2) is 9.45. The Bertz CT molecular complexity index is 776. The summed E-state index contributed by atoms with van der Waals surface area (Å²) in [5.41, 5.74) is 1.69. The van der Waals surface area contributed by atoms with E-state index >= 15 is 0 Å². The van der Waals surface area contributed by atoms with E-state index in [0.717, 1.165) is 11.3 Å². The van der Waals surface area contributed by atoms with E-state index in [9.17, 15) is 13.2 Å². The molecular weight excluding hydrogens is 409 g/mol. The molecular formula is C18H27Cl2N3O3S. The van der Waals surface area contributed by atoms with Crippen molar-refractivity contribution >= 4 is 44.8 Å². The first kappa shape index (κ1) is 22.3. The van der Waals surface area contributed by atoms with Gasteiger partial charge in [-0.25, -0.2) is 13.1 Å². The summed E-state index contributed by atoms with van der Waals surface area (Å²) in [7, 11) is -3.21. The Balaban J connectivity index is 1.89. The number of hydrogen-bond acceptors (Lipinski definition) is 4. The summed E-state index contributed by atoms with van der Waals surface area (Å²) in [6.07, 6.45) is 1.24. The molecule has 152 valence electrons. The Labute approximate surface area is 171 Å². The van der Waals surface area contributed by atoms with Crippen molar-refractivity contribution in [3.63, 3.8) is 0 Å². The van der Waals surface area contributed by atoms with Crippen molar-refractivity contribution in [1.29, 1.82) is 0 Å². The summed E-state index contributed by atoms with van der Waals surface area (Å²) in [5, 5.41) is 4.12. The summed E-state index contributed by atoms with van der Waals surface area (Å²) < 4.78 is 26.0. The molecule has 1 amide bonds. The lowest BCUT2D eigenvalue weighted by Crippen LogP contribution is -2.48. The largest absolute Gasteiger partial charge is 0.376 e. The molecule has 0 aliphatic carbocycles. The van der Waals surface area contributed by atoms with Gasteiger partial charge in [-0.15, -0.1) is 0 Å².